The van der Waals surface area contributed by atoms with Gasteiger partial charge >= 0.3 is 6.18 Å². The van der Waals surface area contributed by atoms with Gasteiger partial charge in [0.2, 0.25) is 5.95 Å². The number of benzene rings is 2. The van der Waals surface area contributed by atoms with Crippen LogP contribution in [0.25, 0.3) is 0 Å². The van der Waals surface area contributed by atoms with Crippen LogP contribution in [0.5, 0.6) is 11.5 Å². The van der Waals surface area contributed by atoms with Crippen molar-refractivity contribution < 1.29 is 22.6 Å². The first kappa shape index (κ1) is 25.1. The molecule has 0 radical (unpaired) electrons. The molecule has 6 nitrogen and oxygen atoms in total. The molecule has 34 heavy (non-hydrogen) atoms. The van der Waals surface area contributed by atoms with E-state index in [4.69, 9.17) is 9.47 Å². The third-order valence-electron chi connectivity index (χ3n) is 4.68. The molecule has 182 valence electrons. The van der Waals surface area contributed by atoms with E-state index in [-0.39, 0.29) is 11.8 Å². The molecule has 0 unspecified atom stereocenters. The van der Waals surface area contributed by atoms with Crippen LogP contribution in [0.1, 0.15) is 39.2 Å². The van der Waals surface area contributed by atoms with Crippen LogP contribution in [0, 0.1) is 5.92 Å². The van der Waals surface area contributed by atoms with Crippen LogP contribution in [-0.4, -0.2) is 23.2 Å². The predicted octanol–water partition coefficient (Wildman–Crippen LogP) is 7.20. The highest BCUT2D eigenvalue weighted by molar-refractivity contribution is 5.67. The number of aromatic nitrogens is 2. The Bertz CT molecular complexity index is 1060. The first-order valence-corrected chi connectivity index (χ1v) is 11.2. The van der Waals surface area contributed by atoms with Crippen molar-refractivity contribution in [2.24, 2.45) is 5.92 Å². The lowest BCUT2D eigenvalue weighted by molar-refractivity contribution is -0.137. The van der Waals surface area contributed by atoms with Crippen molar-refractivity contribution in [3.05, 3.63) is 60.3 Å². The summed E-state index contributed by atoms with van der Waals surface area (Å²) in [6.07, 6.45) is -2.09. The van der Waals surface area contributed by atoms with Crippen molar-refractivity contribution in [1.82, 2.24) is 9.97 Å². The number of para-hydroxylation sites is 2. The number of nitrogens with zero attached hydrogens (tertiary/aromatic N) is 2. The molecule has 2 N–H and O–H groups in total. The summed E-state index contributed by atoms with van der Waals surface area (Å²) < 4.78 is 52.3. The van der Waals surface area contributed by atoms with Crippen LogP contribution < -0.4 is 20.1 Å². The maximum Gasteiger partial charge on any atom is 0.421 e. The highest BCUT2D eigenvalue weighted by Gasteiger charge is 2.35. The molecule has 9 heteroatoms. The maximum atomic E-state index is 13.6. The van der Waals surface area contributed by atoms with Gasteiger partial charge in [0.1, 0.15) is 22.9 Å². The molecular weight excluding hydrogens is 445 g/mol. The molecule has 0 spiro atoms. The molecule has 3 aromatic rings. The Labute approximate surface area is 197 Å². The predicted molar refractivity (Wildman–Crippen MR) is 127 cm³/mol. The van der Waals surface area contributed by atoms with E-state index < -0.39 is 11.7 Å². The summed E-state index contributed by atoms with van der Waals surface area (Å²) in [6, 6.07) is 13.9. The number of nitrogens with one attached hydrogen (secondary N) is 2. The van der Waals surface area contributed by atoms with Gasteiger partial charge in [-0.2, -0.15) is 18.2 Å². The van der Waals surface area contributed by atoms with Crippen LogP contribution >= 0.6 is 0 Å². The summed E-state index contributed by atoms with van der Waals surface area (Å²) in [6.45, 7) is 7.20. The van der Waals surface area contributed by atoms with Gasteiger partial charge in [0.05, 0.1) is 18.9 Å². The van der Waals surface area contributed by atoms with Crippen molar-refractivity contribution in [1.29, 1.82) is 0 Å². The molecule has 0 amide bonds. The van der Waals surface area contributed by atoms with Crippen molar-refractivity contribution in [3.63, 3.8) is 0 Å². The van der Waals surface area contributed by atoms with Crippen LogP contribution in [0.15, 0.2) is 54.7 Å². The van der Waals surface area contributed by atoms with Gasteiger partial charge in [0, 0.05) is 11.9 Å². The topological polar surface area (TPSA) is 68.3 Å². The summed E-state index contributed by atoms with van der Waals surface area (Å²) in [5.41, 5.74) is 0.0326. The summed E-state index contributed by atoms with van der Waals surface area (Å²) >= 11 is 0. The summed E-state index contributed by atoms with van der Waals surface area (Å²) in [4.78, 5) is 7.97. The van der Waals surface area contributed by atoms with E-state index in [1.165, 1.54) is 0 Å². The second-order valence-electron chi connectivity index (χ2n) is 8.13. The second kappa shape index (κ2) is 11.6. The lowest BCUT2D eigenvalue weighted by Gasteiger charge is -2.17. The van der Waals surface area contributed by atoms with E-state index in [9.17, 15) is 13.2 Å². The highest BCUT2D eigenvalue weighted by Crippen LogP contribution is 2.37. The number of anilines is 4. The highest BCUT2D eigenvalue weighted by atomic mass is 19.4. The molecule has 0 aliphatic carbocycles. The lowest BCUT2D eigenvalue weighted by atomic mass is 10.2. The van der Waals surface area contributed by atoms with E-state index in [1.807, 2.05) is 6.92 Å². The number of hydrogen-bond donors (Lipinski definition) is 2. The summed E-state index contributed by atoms with van der Waals surface area (Å²) in [5.74, 6) is 1.21. The second-order valence-corrected chi connectivity index (χ2v) is 8.13. The smallest absolute Gasteiger partial charge is 0.421 e. The Morgan fingerprint density at radius 1 is 0.971 bits per heavy atom. The molecular formula is C25H29F3N4O2. The van der Waals surface area contributed by atoms with Crippen LogP contribution in [0.2, 0.25) is 0 Å². The molecule has 0 bridgehead atoms. The average molecular weight is 475 g/mol. The normalized spacial score (nSPS) is 11.4. The van der Waals surface area contributed by atoms with Gasteiger partial charge in [0.25, 0.3) is 0 Å². The quantitative estimate of drug-likeness (QED) is 0.287. The zero-order valence-electron chi connectivity index (χ0n) is 19.4. The number of rotatable bonds is 11. The molecule has 3 rings (SSSR count). The minimum atomic E-state index is -4.63. The van der Waals surface area contributed by atoms with E-state index in [2.05, 4.69) is 34.4 Å². The Kier molecular flexibility index (Phi) is 8.56. The first-order valence-electron chi connectivity index (χ1n) is 11.2. The van der Waals surface area contributed by atoms with Crippen molar-refractivity contribution >= 4 is 23.1 Å². The van der Waals surface area contributed by atoms with E-state index in [0.717, 1.165) is 19.0 Å². The number of unbranched alkanes of at least 4 members (excludes halogenated alkanes) is 1. The van der Waals surface area contributed by atoms with Gasteiger partial charge in [-0.1, -0.05) is 39.3 Å². The minimum absolute atomic E-state index is 0.0238. The van der Waals surface area contributed by atoms with Crippen molar-refractivity contribution in [2.45, 2.75) is 39.8 Å². The Morgan fingerprint density at radius 3 is 2.38 bits per heavy atom. The summed E-state index contributed by atoms with van der Waals surface area (Å²) in [5, 5.41) is 5.72. The maximum absolute atomic E-state index is 13.6. The fraction of sp³-hybridized carbons (Fsp3) is 0.360. The fourth-order valence-electron chi connectivity index (χ4n) is 2.92. The molecule has 0 aliphatic heterocycles. The largest absolute Gasteiger partial charge is 0.493 e. The van der Waals surface area contributed by atoms with Gasteiger partial charge in [-0.25, -0.2) is 4.98 Å². The van der Waals surface area contributed by atoms with Gasteiger partial charge in [-0.3, -0.25) is 0 Å². The summed E-state index contributed by atoms with van der Waals surface area (Å²) in [7, 11) is 0. The number of hydrogen-bond acceptors (Lipinski definition) is 6. The number of ether oxygens (including phenoxy) is 2. The molecule has 1 aromatic heterocycles. The third-order valence-corrected chi connectivity index (χ3v) is 4.68. The minimum Gasteiger partial charge on any atom is -0.493 e. The SMILES string of the molecule is CCCCOc1ccccc1Nc1nc(Nc2ccc(OCC(C)C)cc2)ncc1C(F)(F)F. The molecule has 0 saturated carbocycles. The Morgan fingerprint density at radius 2 is 1.71 bits per heavy atom. The van der Waals surface area contributed by atoms with Crippen LogP contribution in [-0.2, 0) is 6.18 Å². The average Bonchev–Trinajstić information content (AvgIpc) is 2.79. The fourth-order valence-corrected chi connectivity index (χ4v) is 2.92. The molecule has 0 atom stereocenters. The molecule has 0 saturated heterocycles. The molecule has 2 aromatic carbocycles. The van der Waals surface area contributed by atoms with E-state index >= 15 is 0 Å². The standard InChI is InChI=1S/C25H29F3N4O2/c1-4-5-14-33-22-9-7-6-8-21(22)31-23-20(25(26,27)28)15-29-24(32-23)30-18-10-12-19(13-11-18)34-16-17(2)3/h6-13,15,17H,4-5,14,16H2,1-3H3,(H2,29,30,31,32). The monoisotopic (exact) mass is 474 g/mol. The van der Waals surface area contributed by atoms with Crippen LogP contribution in [0.4, 0.5) is 36.3 Å². The Balaban J connectivity index is 1.82. The van der Waals surface area contributed by atoms with Crippen molar-refractivity contribution in [2.75, 3.05) is 23.8 Å². The van der Waals surface area contributed by atoms with Gasteiger partial charge in [-0.05, 0) is 48.7 Å². The zero-order valence-corrected chi connectivity index (χ0v) is 19.4. The molecule has 0 aliphatic rings. The number of alkyl halides is 3. The number of halogens is 3. The zero-order chi connectivity index (χ0) is 24.6. The van der Waals surface area contributed by atoms with E-state index in [1.54, 1.807) is 48.5 Å². The van der Waals surface area contributed by atoms with Gasteiger partial charge in [0.15, 0.2) is 0 Å². The Hall–Kier alpha value is -3.49. The molecule has 0 fully saturated rings. The molecule has 1 heterocycles. The van der Waals surface area contributed by atoms with Crippen LogP contribution in [0.3, 0.4) is 0 Å². The van der Waals surface area contributed by atoms with Gasteiger partial charge in [-0.15, -0.1) is 0 Å². The van der Waals surface area contributed by atoms with Crippen molar-refractivity contribution in [3.8, 4) is 11.5 Å². The third kappa shape index (κ3) is 7.26. The van der Waals surface area contributed by atoms with Gasteiger partial charge < -0.3 is 20.1 Å². The van der Waals surface area contributed by atoms with E-state index in [0.29, 0.717) is 42.0 Å². The first-order chi connectivity index (χ1) is 16.3. The lowest BCUT2D eigenvalue weighted by Crippen LogP contribution is -2.13.